The van der Waals surface area contributed by atoms with Crippen LogP contribution in [-0.2, 0) is 11.2 Å². The van der Waals surface area contributed by atoms with Crippen molar-refractivity contribution < 1.29 is 4.79 Å². The van der Waals surface area contributed by atoms with Crippen molar-refractivity contribution in [2.75, 3.05) is 0 Å². The van der Waals surface area contributed by atoms with Crippen molar-refractivity contribution in [3.63, 3.8) is 0 Å². The van der Waals surface area contributed by atoms with Crippen molar-refractivity contribution in [3.05, 3.63) is 22.4 Å². The van der Waals surface area contributed by atoms with Crippen LogP contribution in [0, 0.1) is 0 Å². The highest BCUT2D eigenvalue weighted by molar-refractivity contribution is 7.09. The van der Waals surface area contributed by atoms with Crippen LogP contribution in [0.3, 0.4) is 0 Å². The second-order valence-corrected chi connectivity index (χ2v) is 4.12. The van der Waals surface area contributed by atoms with Gasteiger partial charge in [0, 0.05) is 23.8 Å². The van der Waals surface area contributed by atoms with Crippen molar-refractivity contribution >= 4 is 17.2 Å². The first kappa shape index (κ1) is 7.80. The maximum atomic E-state index is 10.9. The summed E-state index contributed by atoms with van der Waals surface area (Å²) < 4.78 is 0. The quantitative estimate of drug-likeness (QED) is 0.737. The van der Waals surface area contributed by atoms with Gasteiger partial charge in [0.15, 0.2) is 0 Å². The summed E-state index contributed by atoms with van der Waals surface area (Å²) in [7, 11) is 0. The monoisotopic (exact) mass is 181 g/mol. The largest absolute Gasteiger partial charge is 0.353 e. The zero-order chi connectivity index (χ0) is 8.39. The molecule has 1 atom stereocenters. The van der Waals surface area contributed by atoms with E-state index >= 15 is 0 Å². The molecule has 1 aliphatic heterocycles. The molecule has 0 spiro atoms. The second-order valence-electron chi connectivity index (χ2n) is 3.09. The number of amides is 1. The molecule has 0 bridgehead atoms. The Morgan fingerprint density at radius 3 is 3.17 bits per heavy atom. The summed E-state index contributed by atoms with van der Waals surface area (Å²) >= 11 is 1.76. The first-order chi connectivity index (χ1) is 5.84. The molecule has 1 aromatic heterocycles. The summed E-state index contributed by atoms with van der Waals surface area (Å²) in [5.41, 5.74) is 0. The Balaban J connectivity index is 1.92. The van der Waals surface area contributed by atoms with Crippen LogP contribution < -0.4 is 5.32 Å². The van der Waals surface area contributed by atoms with E-state index in [2.05, 4.69) is 22.8 Å². The third-order valence-electron chi connectivity index (χ3n) is 2.11. The molecule has 3 heteroatoms. The van der Waals surface area contributed by atoms with Crippen LogP contribution in [0.5, 0.6) is 0 Å². The molecule has 0 saturated carbocycles. The van der Waals surface area contributed by atoms with Crippen molar-refractivity contribution in [2.24, 2.45) is 0 Å². The molecule has 12 heavy (non-hydrogen) atoms. The summed E-state index contributed by atoms with van der Waals surface area (Å²) in [5, 5.41) is 5.04. The van der Waals surface area contributed by atoms with Crippen LogP contribution in [0.15, 0.2) is 17.5 Å². The van der Waals surface area contributed by atoms with Crippen LogP contribution in [0.25, 0.3) is 0 Å². The smallest absolute Gasteiger partial charge is 0.220 e. The van der Waals surface area contributed by atoms with Gasteiger partial charge < -0.3 is 5.32 Å². The zero-order valence-corrected chi connectivity index (χ0v) is 7.56. The average molecular weight is 181 g/mol. The molecule has 0 radical (unpaired) electrons. The molecule has 1 unspecified atom stereocenters. The lowest BCUT2D eigenvalue weighted by atomic mass is 10.1. The minimum absolute atomic E-state index is 0.205. The fourth-order valence-corrected chi connectivity index (χ4v) is 2.29. The van der Waals surface area contributed by atoms with Crippen LogP contribution in [0.1, 0.15) is 17.7 Å². The van der Waals surface area contributed by atoms with Gasteiger partial charge in [-0.1, -0.05) is 6.07 Å². The molecule has 1 aromatic rings. The molecular formula is C9H11NOS. The van der Waals surface area contributed by atoms with Gasteiger partial charge in [-0.05, 0) is 17.9 Å². The first-order valence-electron chi connectivity index (χ1n) is 4.16. The summed E-state index contributed by atoms with van der Waals surface area (Å²) in [6.45, 7) is 0. The van der Waals surface area contributed by atoms with Crippen LogP contribution in [0.4, 0.5) is 0 Å². The van der Waals surface area contributed by atoms with Gasteiger partial charge in [-0.15, -0.1) is 11.3 Å². The number of carbonyl (C=O) groups excluding carboxylic acids is 1. The Bertz CT molecular complexity index is 268. The SMILES string of the molecule is O=C1CCC(Cc2cccs2)N1. The lowest BCUT2D eigenvalue weighted by molar-refractivity contribution is -0.119. The predicted molar refractivity (Wildman–Crippen MR) is 49.2 cm³/mol. The molecule has 1 amide bonds. The lowest BCUT2D eigenvalue weighted by Crippen LogP contribution is -2.26. The minimum atomic E-state index is 0.205. The number of nitrogens with one attached hydrogen (secondary N) is 1. The van der Waals surface area contributed by atoms with E-state index in [0.29, 0.717) is 12.5 Å². The maximum Gasteiger partial charge on any atom is 0.220 e. The highest BCUT2D eigenvalue weighted by Gasteiger charge is 2.20. The Hall–Kier alpha value is -0.830. The average Bonchev–Trinajstić information content (AvgIpc) is 2.63. The van der Waals surface area contributed by atoms with Gasteiger partial charge >= 0.3 is 0 Å². The van der Waals surface area contributed by atoms with E-state index in [9.17, 15) is 4.79 Å². The van der Waals surface area contributed by atoms with Gasteiger partial charge in [0.1, 0.15) is 0 Å². The Morgan fingerprint density at radius 2 is 2.58 bits per heavy atom. The van der Waals surface area contributed by atoms with E-state index in [1.807, 2.05) is 0 Å². The van der Waals surface area contributed by atoms with Gasteiger partial charge in [-0.2, -0.15) is 0 Å². The summed E-state index contributed by atoms with van der Waals surface area (Å²) in [6.07, 6.45) is 2.70. The molecule has 2 nitrogen and oxygen atoms in total. The Morgan fingerprint density at radius 1 is 1.67 bits per heavy atom. The van der Waals surface area contributed by atoms with E-state index in [0.717, 1.165) is 12.8 Å². The summed E-state index contributed by atoms with van der Waals surface area (Å²) in [4.78, 5) is 12.2. The van der Waals surface area contributed by atoms with Crippen molar-refractivity contribution in [2.45, 2.75) is 25.3 Å². The van der Waals surface area contributed by atoms with E-state index in [1.54, 1.807) is 11.3 Å². The van der Waals surface area contributed by atoms with Crippen molar-refractivity contribution in [1.29, 1.82) is 0 Å². The summed E-state index contributed by atoms with van der Waals surface area (Å²) in [6, 6.07) is 4.56. The highest BCUT2D eigenvalue weighted by atomic mass is 32.1. The topological polar surface area (TPSA) is 29.1 Å². The van der Waals surface area contributed by atoms with Gasteiger partial charge in [-0.3, -0.25) is 4.79 Å². The van der Waals surface area contributed by atoms with Crippen molar-refractivity contribution in [1.82, 2.24) is 5.32 Å². The molecule has 64 valence electrons. The number of carbonyl (C=O) groups is 1. The van der Waals surface area contributed by atoms with Crippen molar-refractivity contribution in [3.8, 4) is 0 Å². The Labute approximate surface area is 75.6 Å². The van der Waals surface area contributed by atoms with Crippen LogP contribution in [0.2, 0.25) is 0 Å². The van der Waals surface area contributed by atoms with E-state index in [1.165, 1.54) is 4.88 Å². The Kier molecular flexibility index (Phi) is 2.13. The van der Waals surface area contributed by atoms with Gasteiger partial charge in [0.05, 0.1) is 0 Å². The molecule has 0 aromatic carbocycles. The molecule has 2 rings (SSSR count). The van der Waals surface area contributed by atoms with Gasteiger partial charge in [-0.25, -0.2) is 0 Å². The van der Waals surface area contributed by atoms with E-state index in [-0.39, 0.29) is 5.91 Å². The van der Waals surface area contributed by atoms with Crippen LogP contribution >= 0.6 is 11.3 Å². The normalized spacial score (nSPS) is 22.7. The third kappa shape index (κ3) is 1.67. The van der Waals surface area contributed by atoms with Crippen LogP contribution in [-0.4, -0.2) is 11.9 Å². The number of rotatable bonds is 2. The van der Waals surface area contributed by atoms with Gasteiger partial charge in [0.2, 0.25) is 5.91 Å². The molecule has 1 aliphatic rings. The lowest BCUT2D eigenvalue weighted by Gasteiger charge is -2.06. The minimum Gasteiger partial charge on any atom is -0.353 e. The molecule has 1 fully saturated rings. The molecule has 2 heterocycles. The maximum absolute atomic E-state index is 10.9. The van der Waals surface area contributed by atoms with E-state index < -0.39 is 0 Å². The second kappa shape index (κ2) is 3.27. The van der Waals surface area contributed by atoms with Gasteiger partial charge in [0.25, 0.3) is 0 Å². The third-order valence-corrected chi connectivity index (χ3v) is 3.01. The standard InChI is InChI=1S/C9H11NOS/c11-9-4-3-7(10-9)6-8-2-1-5-12-8/h1-2,5,7H,3-4,6H2,(H,10,11). The number of thiophene rings is 1. The molecule has 1 N–H and O–H groups in total. The van der Waals surface area contributed by atoms with E-state index in [4.69, 9.17) is 0 Å². The first-order valence-corrected chi connectivity index (χ1v) is 5.04. The predicted octanol–water partition coefficient (Wildman–Crippen LogP) is 1.57. The summed E-state index contributed by atoms with van der Waals surface area (Å²) in [5.74, 6) is 0.205. The fraction of sp³-hybridized carbons (Fsp3) is 0.444. The number of hydrogen-bond acceptors (Lipinski definition) is 2. The molecule has 1 saturated heterocycles. The molecule has 0 aliphatic carbocycles. The zero-order valence-electron chi connectivity index (χ0n) is 6.75. The fourth-order valence-electron chi connectivity index (χ4n) is 1.50. The highest BCUT2D eigenvalue weighted by Crippen LogP contribution is 2.16. The number of hydrogen-bond donors (Lipinski definition) is 1. The molecular weight excluding hydrogens is 170 g/mol.